The second-order valence-corrected chi connectivity index (χ2v) is 7.72. The van der Waals surface area contributed by atoms with Crippen molar-refractivity contribution in [1.29, 1.82) is 0 Å². The maximum Gasteiger partial charge on any atom is 0.253 e. The third-order valence-electron chi connectivity index (χ3n) is 3.59. The highest BCUT2D eigenvalue weighted by molar-refractivity contribution is 7.91. The summed E-state index contributed by atoms with van der Waals surface area (Å²) in [6.45, 7) is 4.12. The summed E-state index contributed by atoms with van der Waals surface area (Å²) in [7, 11) is -2.99. The molecular weight excluding hydrogens is 290 g/mol. The van der Waals surface area contributed by atoms with Crippen LogP contribution in [0.2, 0.25) is 0 Å². The quantitative estimate of drug-likeness (QED) is 0.853. The summed E-state index contributed by atoms with van der Waals surface area (Å²) in [6.07, 6.45) is 4.60. The van der Waals surface area contributed by atoms with Gasteiger partial charge in [0.2, 0.25) is 0 Å². The van der Waals surface area contributed by atoms with E-state index in [1.54, 1.807) is 12.3 Å². The largest absolute Gasteiger partial charge is 0.381 e. The number of nitrogens with one attached hydrogen (secondary N) is 2. The molecule has 1 saturated heterocycles. The third kappa shape index (κ3) is 4.42. The molecule has 0 aliphatic carbocycles. The number of carbonyl (C=O) groups excluding carboxylic acids is 1. The fourth-order valence-corrected chi connectivity index (χ4v) is 3.88. The van der Waals surface area contributed by atoms with Gasteiger partial charge in [0.25, 0.3) is 5.91 Å². The van der Waals surface area contributed by atoms with Crippen LogP contribution in [0, 0.1) is 0 Å². The van der Waals surface area contributed by atoms with E-state index in [1.165, 1.54) is 6.20 Å². The number of pyridine rings is 1. The first kappa shape index (κ1) is 15.8. The minimum atomic E-state index is -2.99. The molecule has 1 aliphatic heterocycles. The van der Waals surface area contributed by atoms with Crippen molar-refractivity contribution in [1.82, 2.24) is 10.3 Å². The predicted octanol–water partition coefficient (Wildman–Crippen LogP) is 1.21. The number of nitrogens with zero attached hydrogens (tertiary/aromatic N) is 1. The van der Waals surface area contributed by atoms with Crippen LogP contribution >= 0.6 is 0 Å². The molecule has 7 heteroatoms. The predicted molar refractivity (Wildman–Crippen MR) is 82.1 cm³/mol. The molecule has 1 fully saturated rings. The first-order valence-electron chi connectivity index (χ1n) is 7.12. The minimum Gasteiger partial charge on any atom is -0.381 e. The summed E-state index contributed by atoms with van der Waals surface area (Å²) in [5.74, 6) is -0.111. The van der Waals surface area contributed by atoms with Crippen LogP contribution in [-0.4, -0.2) is 42.9 Å². The maximum absolute atomic E-state index is 12.1. The van der Waals surface area contributed by atoms with E-state index < -0.39 is 9.84 Å². The monoisotopic (exact) mass is 311 g/mol. The van der Waals surface area contributed by atoms with Gasteiger partial charge in [-0.1, -0.05) is 6.92 Å². The fraction of sp³-hybridized carbons (Fsp3) is 0.571. The van der Waals surface area contributed by atoms with Gasteiger partial charge >= 0.3 is 0 Å². The van der Waals surface area contributed by atoms with E-state index in [4.69, 9.17) is 0 Å². The second-order valence-electron chi connectivity index (χ2n) is 5.49. The van der Waals surface area contributed by atoms with Gasteiger partial charge in [0.05, 0.1) is 22.8 Å². The molecule has 2 atom stereocenters. The van der Waals surface area contributed by atoms with Crippen LogP contribution in [-0.2, 0) is 9.84 Å². The number of hydrogen-bond acceptors (Lipinski definition) is 5. The van der Waals surface area contributed by atoms with Gasteiger partial charge < -0.3 is 10.6 Å². The minimum absolute atomic E-state index is 0.0248. The Morgan fingerprint density at radius 2 is 2.24 bits per heavy atom. The van der Waals surface area contributed by atoms with E-state index >= 15 is 0 Å². The van der Waals surface area contributed by atoms with Crippen molar-refractivity contribution in [2.24, 2.45) is 0 Å². The zero-order valence-corrected chi connectivity index (χ0v) is 13.1. The molecule has 0 spiro atoms. The Balaban J connectivity index is 2.01. The highest BCUT2D eigenvalue weighted by Crippen LogP contribution is 2.14. The topological polar surface area (TPSA) is 88.2 Å². The summed E-state index contributed by atoms with van der Waals surface area (Å²) in [5.41, 5.74) is 1.23. The lowest BCUT2D eigenvalue weighted by Gasteiger charge is -2.14. The summed E-state index contributed by atoms with van der Waals surface area (Å²) in [4.78, 5) is 16.2. The lowest BCUT2D eigenvalue weighted by molar-refractivity contribution is 0.0941. The van der Waals surface area contributed by atoms with Crippen LogP contribution in [0.5, 0.6) is 0 Å². The number of sulfone groups is 1. The molecule has 1 amide bonds. The van der Waals surface area contributed by atoms with Crippen molar-refractivity contribution in [3.05, 3.63) is 24.0 Å². The van der Waals surface area contributed by atoms with Gasteiger partial charge in [0.1, 0.15) is 0 Å². The molecule has 2 heterocycles. The van der Waals surface area contributed by atoms with E-state index in [0.29, 0.717) is 18.0 Å². The van der Waals surface area contributed by atoms with Gasteiger partial charge in [-0.05, 0) is 25.8 Å². The summed E-state index contributed by atoms with van der Waals surface area (Å²) < 4.78 is 22.8. The Kier molecular flexibility index (Phi) is 4.82. The van der Waals surface area contributed by atoms with Crippen LogP contribution in [0.25, 0.3) is 0 Å². The van der Waals surface area contributed by atoms with Crippen LogP contribution in [0.15, 0.2) is 18.5 Å². The Labute approximate surface area is 125 Å². The van der Waals surface area contributed by atoms with Crippen molar-refractivity contribution in [2.75, 3.05) is 16.8 Å². The Hall–Kier alpha value is -1.63. The van der Waals surface area contributed by atoms with Crippen molar-refractivity contribution < 1.29 is 13.2 Å². The number of anilines is 1. The molecule has 1 aromatic heterocycles. The zero-order chi connectivity index (χ0) is 15.5. The number of carbonyl (C=O) groups is 1. The standard InChI is InChI=1S/C14H21N3O3S/c1-3-10(2)16-13-6-11(7-15-8-13)14(18)17-12-4-5-21(19,20)9-12/h6-8,10,12,16H,3-5,9H2,1-2H3,(H,17,18). The molecule has 0 bridgehead atoms. The fourth-order valence-electron chi connectivity index (χ4n) is 2.21. The summed E-state index contributed by atoms with van der Waals surface area (Å²) in [5, 5.41) is 6.01. The lowest BCUT2D eigenvalue weighted by Crippen LogP contribution is -2.35. The van der Waals surface area contributed by atoms with E-state index in [2.05, 4.69) is 29.5 Å². The van der Waals surface area contributed by atoms with Gasteiger partial charge in [0, 0.05) is 24.5 Å². The van der Waals surface area contributed by atoms with Gasteiger partial charge in [-0.3, -0.25) is 9.78 Å². The average molecular weight is 311 g/mol. The average Bonchev–Trinajstić information content (AvgIpc) is 2.78. The van der Waals surface area contributed by atoms with Crippen LogP contribution in [0.1, 0.15) is 37.0 Å². The first-order valence-corrected chi connectivity index (χ1v) is 8.94. The van der Waals surface area contributed by atoms with Crippen LogP contribution < -0.4 is 10.6 Å². The van der Waals surface area contributed by atoms with E-state index in [1.807, 2.05) is 0 Å². The Morgan fingerprint density at radius 1 is 1.48 bits per heavy atom. The van der Waals surface area contributed by atoms with Crippen molar-refractivity contribution >= 4 is 21.4 Å². The highest BCUT2D eigenvalue weighted by atomic mass is 32.2. The molecule has 0 saturated carbocycles. The van der Waals surface area contributed by atoms with Crippen molar-refractivity contribution in [3.8, 4) is 0 Å². The second kappa shape index (κ2) is 6.43. The SMILES string of the molecule is CCC(C)Nc1cncc(C(=O)NC2CCS(=O)(=O)C2)c1. The van der Waals surface area contributed by atoms with Gasteiger partial charge in [-0.15, -0.1) is 0 Å². The van der Waals surface area contributed by atoms with Gasteiger partial charge in [-0.2, -0.15) is 0 Å². The van der Waals surface area contributed by atoms with E-state index in [-0.39, 0.29) is 23.5 Å². The highest BCUT2D eigenvalue weighted by Gasteiger charge is 2.29. The molecule has 6 nitrogen and oxygen atoms in total. The molecule has 0 aromatic carbocycles. The lowest BCUT2D eigenvalue weighted by atomic mass is 10.2. The van der Waals surface area contributed by atoms with Crippen molar-refractivity contribution in [3.63, 3.8) is 0 Å². The summed E-state index contributed by atoms with van der Waals surface area (Å²) in [6, 6.07) is 1.73. The molecule has 2 unspecified atom stereocenters. The molecular formula is C14H21N3O3S. The zero-order valence-electron chi connectivity index (χ0n) is 12.3. The van der Waals surface area contributed by atoms with Crippen LogP contribution in [0.4, 0.5) is 5.69 Å². The number of rotatable bonds is 5. The number of hydrogen-bond donors (Lipinski definition) is 2. The molecule has 2 N–H and O–H groups in total. The molecule has 0 radical (unpaired) electrons. The molecule has 116 valence electrons. The van der Waals surface area contributed by atoms with Gasteiger partial charge in [0.15, 0.2) is 9.84 Å². The van der Waals surface area contributed by atoms with Gasteiger partial charge in [-0.25, -0.2) is 8.42 Å². The number of amides is 1. The Bertz CT molecular complexity index is 616. The first-order chi connectivity index (χ1) is 9.89. The van der Waals surface area contributed by atoms with Crippen LogP contribution in [0.3, 0.4) is 0 Å². The smallest absolute Gasteiger partial charge is 0.253 e. The molecule has 1 aromatic rings. The maximum atomic E-state index is 12.1. The third-order valence-corrected chi connectivity index (χ3v) is 5.36. The van der Waals surface area contributed by atoms with Crippen molar-refractivity contribution in [2.45, 2.75) is 38.8 Å². The molecule has 2 rings (SSSR count). The van der Waals surface area contributed by atoms with E-state index in [0.717, 1.165) is 12.1 Å². The van der Waals surface area contributed by atoms with E-state index in [9.17, 15) is 13.2 Å². The number of aromatic nitrogens is 1. The normalized spacial score (nSPS) is 21.7. The molecule has 21 heavy (non-hydrogen) atoms. The summed E-state index contributed by atoms with van der Waals surface area (Å²) >= 11 is 0. The Morgan fingerprint density at radius 3 is 2.86 bits per heavy atom. The molecule has 1 aliphatic rings.